The van der Waals surface area contributed by atoms with Crippen LogP contribution in [0.3, 0.4) is 0 Å². The van der Waals surface area contributed by atoms with Crippen molar-refractivity contribution in [3.05, 3.63) is 101 Å². The number of carbonyl (C=O) groups is 1. The largest absolute Gasteiger partial charge is 0.346 e. The number of nitrogens with zero attached hydrogens (tertiary/aromatic N) is 2. The molecule has 5 rings (SSSR count). The normalized spacial score (nSPS) is 20.2. The van der Waals surface area contributed by atoms with Gasteiger partial charge in [0.1, 0.15) is 6.17 Å². The van der Waals surface area contributed by atoms with Gasteiger partial charge in [0.2, 0.25) is 5.91 Å². The SMILES string of the molecule is CCCCCCCC(=O)N1CCC2(Cc3ccccc3C)c3ccccc3N(Cc3ccccc3C)C12. The highest BCUT2D eigenvalue weighted by Gasteiger charge is 2.58. The number of aryl methyl sites for hydroxylation is 2. The molecule has 2 atom stereocenters. The Morgan fingerprint density at radius 3 is 2.22 bits per heavy atom. The molecule has 2 unspecified atom stereocenters. The Kier molecular flexibility index (Phi) is 7.69. The Morgan fingerprint density at radius 1 is 0.838 bits per heavy atom. The first-order valence-electron chi connectivity index (χ1n) is 14.3. The number of para-hydroxylation sites is 1. The number of unbranched alkanes of at least 4 members (excludes halogenated alkanes) is 4. The van der Waals surface area contributed by atoms with Crippen molar-refractivity contribution in [1.29, 1.82) is 0 Å². The molecule has 0 bridgehead atoms. The van der Waals surface area contributed by atoms with Crippen LogP contribution in [0.4, 0.5) is 5.69 Å². The topological polar surface area (TPSA) is 23.6 Å². The number of likely N-dealkylation sites (tertiary alicyclic amines) is 1. The number of hydrogen-bond acceptors (Lipinski definition) is 2. The first kappa shape index (κ1) is 25.6. The molecule has 37 heavy (non-hydrogen) atoms. The van der Waals surface area contributed by atoms with Crippen molar-refractivity contribution >= 4 is 11.6 Å². The van der Waals surface area contributed by atoms with Crippen molar-refractivity contribution in [1.82, 2.24) is 4.90 Å². The maximum atomic E-state index is 13.8. The van der Waals surface area contributed by atoms with Crippen LogP contribution >= 0.6 is 0 Å². The molecule has 2 aliphatic rings. The summed E-state index contributed by atoms with van der Waals surface area (Å²) in [6.07, 6.45) is 8.56. The lowest BCUT2D eigenvalue weighted by Gasteiger charge is -2.39. The minimum absolute atomic E-state index is 0.0484. The summed E-state index contributed by atoms with van der Waals surface area (Å²) in [5.41, 5.74) is 7.99. The van der Waals surface area contributed by atoms with Gasteiger partial charge in [0.15, 0.2) is 0 Å². The van der Waals surface area contributed by atoms with E-state index < -0.39 is 0 Å². The molecule has 0 N–H and O–H groups in total. The van der Waals surface area contributed by atoms with Gasteiger partial charge in [-0.15, -0.1) is 0 Å². The maximum Gasteiger partial charge on any atom is 0.224 e. The Labute approximate surface area is 223 Å². The zero-order valence-corrected chi connectivity index (χ0v) is 22.9. The third-order valence-corrected chi connectivity index (χ3v) is 8.82. The molecule has 1 amide bonds. The molecule has 3 nitrogen and oxygen atoms in total. The van der Waals surface area contributed by atoms with E-state index in [9.17, 15) is 4.79 Å². The molecular weight excluding hydrogens is 452 g/mol. The average Bonchev–Trinajstić information content (AvgIpc) is 3.40. The number of hydrogen-bond donors (Lipinski definition) is 0. The van der Waals surface area contributed by atoms with Crippen molar-refractivity contribution in [2.24, 2.45) is 0 Å². The highest BCUT2D eigenvalue weighted by molar-refractivity contribution is 5.80. The molecule has 0 aliphatic carbocycles. The van der Waals surface area contributed by atoms with Crippen LogP contribution in [0.1, 0.15) is 79.7 Å². The molecular formula is C34H42N2O. The van der Waals surface area contributed by atoms with Crippen LogP contribution in [-0.4, -0.2) is 23.5 Å². The number of anilines is 1. The number of rotatable bonds is 10. The first-order valence-corrected chi connectivity index (χ1v) is 14.3. The van der Waals surface area contributed by atoms with Crippen molar-refractivity contribution in [2.75, 3.05) is 11.4 Å². The summed E-state index contributed by atoms with van der Waals surface area (Å²) in [4.78, 5) is 18.6. The lowest BCUT2D eigenvalue weighted by atomic mass is 9.73. The summed E-state index contributed by atoms with van der Waals surface area (Å²) in [5, 5.41) is 0. The lowest BCUT2D eigenvalue weighted by Crippen LogP contribution is -2.52. The van der Waals surface area contributed by atoms with E-state index in [0.717, 1.165) is 38.8 Å². The average molecular weight is 495 g/mol. The van der Waals surface area contributed by atoms with E-state index >= 15 is 0 Å². The zero-order chi connectivity index (χ0) is 25.8. The maximum absolute atomic E-state index is 13.8. The monoisotopic (exact) mass is 494 g/mol. The van der Waals surface area contributed by atoms with E-state index in [1.165, 1.54) is 52.8 Å². The molecule has 0 spiro atoms. The summed E-state index contributed by atoms with van der Waals surface area (Å²) in [5.74, 6) is 0.329. The molecule has 194 valence electrons. The van der Waals surface area contributed by atoms with Gasteiger partial charge in [0, 0.05) is 30.6 Å². The lowest BCUT2D eigenvalue weighted by molar-refractivity contribution is -0.132. The van der Waals surface area contributed by atoms with Gasteiger partial charge in [0.05, 0.1) is 0 Å². The Hall–Kier alpha value is -3.07. The predicted molar refractivity (Wildman–Crippen MR) is 154 cm³/mol. The first-order chi connectivity index (χ1) is 18.0. The van der Waals surface area contributed by atoms with Gasteiger partial charge in [-0.3, -0.25) is 4.79 Å². The Bertz CT molecular complexity index is 1230. The van der Waals surface area contributed by atoms with Crippen molar-refractivity contribution < 1.29 is 4.79 Å². The predicted octanol–water partition coefficient (Wildman–Crippen LogP) is 7.72. The highest BCUT2D eigenvalue weighted by Crippen LogP contribution is 2.54. The Morgan fingerprint density at radius 2 is 1.49 bits per heavy atom. The number of fused-ring (bicyclic) bond motifs is 3. The van der Waals surface area contributed by atoms with Gasteiger partial charge in [-0.2, -0.15) is 0 Å². The third kappa shape index (κ3) is 4.93. The van der Waals surface area contributed by atoms with E-state index in [-0.39, 0.29) is 11.6 Å². The summed E-state index contributed by atoms with van der Waals surface area (Å²) in [6.45, 7) is 8.32. The minimum atomic E-state index is -0.0940. The zero-order valence-electron chi connectivity index (χ0n) is 22.9. The summed E-state index contributed by atoms with van der Waals surface area (Å²) in [6, 6.07) is 26.4. The second kappa shape index (κ2) is 11.1. The second-order valence-electron chi connectivity index (χ2n) is 11.2. The van der Waals surface area contributed by atoms with Crippen molar-refractivity contribution in [3.8, 4) is 0 Å². The van der Waals surface area contributed by atoms with Gasteiger partial charge >= 0.3 is 0 Å². The van der Waals surface area contributed by atoms with Gasteiger partial charge in [-0.25, -0.2) is 0 Å². The summed E-state index contributed by atoms with van der Waals surface area (Å²) >= 11 is 0. The fourth-order valence-electron chi connectivity index (χ4n) is 6.74. The van der Waals surface area contributed by atoms with Crippen LogP contribution in [0.5, 0.6) is 0 Å². The van der Waals surface area contributed by atoms with Crippen molar-refractivity contribution in [3.63, 3.8) is 0 Å². The third-order valence-electron chi connectivity index (χ3n) is 8.82. The molecule has 0 radical (unpaired) electrons. The van der Waals surface area contributed by atoms with Crippen LogP contribution in [0, 0.1) is 13.8 Å². The van der Waals surface area contributed by atoms with Gasteiger partial charge in [-0.05, 0) is 67.0 Å². The van der Waals surface area contributed by atoms with Gasteiger partial charge in [0.25, 0.3) is 0 Å². The molecule has 3 heteroatoms. The van der Waals surface area contributed by atoms with Crippen molar-refractivity contribution in [2.45, 2.75) is 90.3 Å². The number of carbonyl (C=O) groups excluding carboxylic acids is 1. The van der Waals surface area contributed by atoms with Gasteiger partial charge in [-0.1, -0.05) is 99.3 Å². The standard InChI is InChI=1S/C34H42N2O/c1-4-5-6-7-8-21-32(37)35-23-22-34(24-28-17-11-9-15-26(28)2)30-19-13-14-20-31(30)36(33(34)35)25-29-18-12-10-16-27(29)3/h9-20,33H,4-8,21-25H2,1-3H3. The summed E-state index contributed by atoms with van der Waals surface area (Å²) < 4.78 is 0. The van der Waals surface area contributed by atoms with Crippen LogP contribution < -0.4 is 4.90 Å². The molecule has 1 fully saturated rings. The van der Waals surface area contributed by atoms with Gasteiger partial charge < -0.3 is 9.80 Å². The molecule has 0 aromatic heterocycles. The molecule has 3 aromatic carbocycles. The molecule has 0 saturated carbocycles. The van der Waals surface area contributed by atoms with Crippen LogP contribution in [0.25, 0.3) is 0 Å². The number of amides is 1. The van der Waals surface area contributed by atoms with E-state index in [1.807, 2.05) is 0 Å². The molecule has 2 aliphatic heterocycles. The van der Waals surface area contributed by atoms with Crippen LogP contribution in [0.15, 0.2) is 72.8 Å². The highest BCUT2D eigenvalue weighted by atomic mass is 16.2. The smallest absolute Gasteiger partial charge is 0.224 e. The fourth-order valence-corrected chi connectivity index (χ4v) is 6.74. The Balaban J connectivity index is 1.52. The van der Waals surface area contributed by atoms with E-state index in [4.69, 9.17) is 0 Å². The van der Waals surface area contributed by atoms with E-state index in [1.54, 1.807) is 0 Å². The molecule has 2 heterocycles. The van der Waals surface area contributed by atoms with Crippen LogP contribution in [-0.2, 0) is 23.2 Å². The second-order valence-corrected chi connectivity index (χ2v) is 11.2. The minimum Gasteiger partial charge on any atom is -0.346 e. The van der Waals surface area contributed by atoms with E-state index in [2.05, 4.69) is 103 Å². The summed E-state index contributed by atoms with van der Waals surface area (Å²) in [7, 11) is 0. The molecule has 3 aromatic rings. The number of benzene rings is 3. The fraction of sp³-hybridized carbons (Fsp3) is 0.441. The quantitative estimate of drug-likeness (QED) is 0.269. The van der Waals surface area contributed by atoms with Crippen LogP contribution in [0.2, 0.25) is 0 Å². The van der Waals surface area contributed by atoms with E-state index in [0.29, 0.717) is 12.3 Å². The molecule has 1 saturated heterocycles.